The van der Waals surface area contributed by atoms with E-state index in [2.05, 4.69) is 10.3 Å². The van der Waals surface area contributed by atoms with Crippen LogP contribution in [0, 0.1) is 5.82 Å². The summed E-state index contributed by atoms with van der Waals surface area (Å²) < 4.78 is 13.0. The number of aliphatic imine (C=N–C) groups is 1. The lowest BCUT2D eigenvalue weighted by atomic mass is 9.95. The first-order chi connectivity index (χ1) is 9.74. The van der Waals surface area contributed by atoms with E-state index in [1.165, 1.54) is 12.1 Å². The summed E-state index contributed by atoms with van der Waals surface area (Å²) >= 11 is 0. The molecule has 3 rings (SSSR count). The van der Waals surface area contributed by atoms with Gasteiger partial charge in [-0.1, -0.05) is 30.3 Å². The van der Waals surface area contributed by atoms with Crippen LogP contribution in [-0.4, -0.2) is 17.5 Å². The summed E-state index contributed by atoms with van der Waals surface area (Å²) in [6, 6.07) is 13.7. The standard InChI is InChI=1S/C16H15FN2O/c17-12-7-5-11(6-8-12)14-9-15(19-10-18-14)13-3-1-2-4-16(13)20/h1-8,15,19-20H,9-10H2/t15-/m0/s1. The number of nitrogens with zero attached hydrogens (tertiary/aromatic N) is 1. The topological polar surface area (TPSA) is 44.6 Å². The van der Waals surface area contributed by atoms with E-state index in [-0.39, 0.29) is 17.6 Å². The Labute approximate surface area is 116 Å². The lowest BCUT2D eigenvalue weighted by molar-refractivity contribution is 0.446. The highest BCUT2D eigenvalue weighted by molar-refractivity contribution is 6.01. The maximum atomic E-state index is 13.0. The number of halogens is 1. The maximum Gasteiger partial charge on any atom is 0.123 e. The van der Waals surface area contributed by atoms with Crippen molar-refractivity contribution in [3.8, 4) is 5.75 Å². The predicted octanol–water partition coefficient (Wildman–Crippen LogP) is 3.01. The Kier molecular flexibility index (Phi) is 3.48. The van der Waals surface area contributed by atoms with Crippen LogP contribution in [0.15, 0.2) is 53.5 Å². The number of benzene rings is 2. The molecule has 0 saturated heterocycles. The Morgan fingerprint density at radius 1 is 1.10 bits per heavy atom. The van der Waals surface area contributed by atoms with Gasteiger partial charge in [0.15, 0.2) is 0 Å². The zero-order valence-electron chi connectivity index (χ0n) is 10.9. The molecule has 0 saturated carbocycles. The molecule has 2 aromatic carbocycles. The first-order valence-electron chi connectivity index (χ1n) is 6.54. The van der Waals surface area contributed by atoms with Crippen LogP contribution in [0.1, 0.15) is 23.6 Å². The third-order valence-corrected chi connectivity index (χ3v) is 3.49. The molecule has 0 bridgehead atoms. The zero-order valence-corrected chi connectivity index (χ0v) is 10.9. The number of aromatic hydroxyl groups is 1. The van der Waals surface area contributed by atoms with Gasteiger partial charge in [-0.2, -0.15) is 0 Å². The fourth-order valence-corrected chi connectivity index (χ4v) is 2.43. The second-order valence-corrected chi connectivity index (χ2v) is 4.79. The molecule has 1 atom stereocenters. The van der Waals surface area contributed by atoms with Crippen molar-refractivity contribution in [3.63, 3.8) is 0 Å². The van der Waals surface area contributed by atoms with Gasteiger partial charge in [0, 0.05) is 23.7 Å². The van der Waals surface area contributed by atoms with E-state index >= 15 is 0 Å². The molecular weight excluding hydrogens is 255 g/mol. The van der Waals surface area contributed by atoms with Crippen LogP contribution in [0.25, 0.3) is 0 Å². The molecule has 1 heterocycles. The molecule has 1 aliphatic rings. The van der Waals surface area contributed by atoms with E-state index in [1.807, 2.05) is 12.1 Å². The normalized spacial score (nSPS) is 18.6. The highest BCUT2D eigenvalue weighted by atomic mass is 19.1. The average Bonchev–Trinajstić information content (AvgIpc) is 2.49. The number of hydrogen-bond donors (Lipinski definition) is 2. The van der Waals surface area contributed by atoms with Crippen LogP contribution in [0.5, 0.6) is 5.75 Å². The van der Waals surface area contributed by atoms with Crippen LogP contribution < -0.4 is 5.32 Å². The molecule has 0 radical (unpaired) electrons. The third-order valence-electron chi connectivity index (χ3n) is 3.49. The summed E-state index contributed by atoms with van der Waals surface area (Å²) in [5.41, 5.74) is 2.72. The summed E-state index contributed by atoms with van der Waals surface area (Å²) in [6.45, 7) is 0.492. The number of phenolic OH excluding ortho intramolecular Hbond substituents is 1. The minimum atomic E-state index is -0.250. The van der Waals surface area contributed by atoms with E-state index in [4.69, 9.17) is 0 Å². The number of phenols is 1. The molecule has 2 N–H and O–H groups in total. The Morgan fingerprint density at radius 3 is 2.60 bits per heavy atom. The van der Waals surface area contributed by atoms with Gasteiger partial charge in [-0.3, -0.25) is 10.3 Å². The Balaban J connectivity index is 1.85. The van der Waals surface area contributed by atoms with Crippen molar-refractivity contribution >= 4 is 5.71 Å². The van der Waals surface area contributed by atoms with Crippen molar-refractivity contribution in [1.82, 2.24) is 5.32 Å². The smallest absolute Gasteiger partial charge is 0.123 e. The number of para-hydroxylation sites is 1. The molecule has 0 unspecified atom stereocenters. The van der Waals surface area contributed by atoms with E-state index in [9.17, 15) is 9.50 Å². The maximum absolute atomic E-state index is 13.0. The number of nitrogens with one attached hydrogen (secondary N) is 1. The largest absolute Gasteiger partial charge is 0.508 e. The summed E-state index contributed by atoms with van der Waals surface area (Å²) in [4.78, 5) is 4.44. The van der Waals surface area contributed by atoms with Crippen molar-refractivity contribution in [3.05, 3.63) is 65.5 Å². The van der Waals surface area contributed by atoms with Crippen LogP contribution in [0.3, 0.4) is 0 Å². The molecule has 20 heavy (non-hydrogen) atoms. The van der Waals surface area contributed by atoms with Crippen molar-refractivity contribution in [2.45, 2.75) is 12.5 Å². The Hall–Kier alpha value is -2.20. The molecule has 102 valence electrons. The molecule has 0 amide bonds. The minimum Gasteiger partial charge on any atom is -0.508 e. The SMILES string of the molecule is Oc1ccccc1[C@@H]1CC(c2ccc(F)cc2)=NCN1. The molecular formula is C16H15FN2O. The van der Waals surface area contributed by atoms with Gasteiger partial charge in [-0.05, 0) is 23.8 Å². The summed E-state index contributed by atoms with van der Waals surface area (Å²) in [6.07, 6.45) is 0.670. The van der Waals surface area contributed by atoms with E-state index in [1.54, 1.807) is 24.3 Å². The monoisotopic (exact) mass is 270 g/mol. The van der Waals surface area contributed by atoms with Crippen LogP contribution in [0.4, 0.5) is 4.39 Å². The van der Waals surface area contributed by atoms with E-state index in [0.717, 1.165) is 16.8 Å². The van der Waals surface area contributed by atoms with Crippen molar-refractivity contribution in [2.75, 3.05) is 6.67 Å². The predicted molar refractivity (Wildman–Crippen MR) is 76.4 cm³/mol. The zero-order chi connectivity index (χ0) is 13.9. The molecule has 0 fully saturated rings. The molecule has 3 nitrogen and oxygen atoms in total. The average molecular weight is 270 g/mol. The minimum absolute atomic E-state index is 0.0220. The number of rotatable bonds is 2. The first kappa shape index (κ1) is 12.8. The van der Waals surface area contributed by atoms with Crippen LogP contribution in [-0.2, 0) is 0 Å². The Bertz CT molecular complexity index is 637. The van der Waals surface area contributed by atoms with Crippen molar-refractivity contribution < 1.29 is 9.50 Å². The lowest BCUT2D eigenvalue weighted by Gasteiger charge is -2.24. The van der Waals surface area contributed by atoms with E-state index < -0.39 is 0 Å². The molecule has 2 aromatic rings. The Morgan fingerprint density at radius 2 is 1.85 bits per heavy atom. The van der Waals surface area contributed by atoms with E-state index in [0.29, 0.717) is 13.1 Å². The number of hydrogen-bond acceptors (Lipinski definition) is 3. The van der Waals surface area contributed by atoms with Crippen LogP contribution >= 0.6 is 0 Å². The fourth-order valence-electron chi connectivity index (χ4n) is 2.43. The lowest BCUT2D eigenvalue weighted by Crippen LogP contribution is -2.29. The van der Waals surface area contributed by atoms with Gasteiger partial charge < -0.3 is 5.11 Å². The second kappa shape index (κ2) is 5.43. The third kappa shape index (κ3) is 2.56. The van der Waals surface area contributed by atoms with Gasteiger partial charge in [0.1, 0.15) is 11.6 Å². The van der Waals surface area contributed by atoms with Crippen LogP contribution in [0.2, 0.25) is 0 Å². The highest BCUT2D eigenvalue weighted by Gasteiger charge is 2.21. The molecule has 0 spiro atoms. The fraction of sp³-hybridized carbons (Fsp3) is 0.188. The molecule has 4 heteroatoms. The quantitative estimate of drug-likeness (QED) is 0.881. The van der Waals surface area contributed by atoms with Gasteiger partial charge in [-0.15, -0.1) is 0 Å². The molecule has 0 aromatic heterocycles. The highest BCUT2D eigenvalue weighted by Crippen LogP contribution is 2.28. The van der Waals surface area contributed by atoms with Crippen molar-refractivity contribution in [1.29, 1.82) is 0 Å². The molecule has 1 aliphatic heterocycles. The summed E-state index contributed by atoms with van der Waals surface area (Å²) in [5.74, 6) is 0.0332. The van der Waals surface area contributed by atoms with Crippen molar-refractivity contribution in [2.24, 2.45) is 4.99 Å². The second-order valence-electron chi connectivity index (χ2n) is 4.79. The van der Waals surface area contributed by atoms with Gasteiger partial charge in [0.25, 0.3) is 0 Å². The summed E-state index contributed by atoms with van der Waals surface area (Å²) in [7, 11) is 0. The van der Waals surface area contributed by atoms with Gasteiger partial charge in [-0.25, -0.2) is 4.39 Å². The summed E-state index contributed by atoms with van der Waals surface area (Å²) in [5, 5.41) is 13.2. The van der Waals surface area contributed by atoms with Gasteiger partial charge in [0.05, 0.1) is 6.67 Å². The van der Waals surface area contributed by atoms with Gasteiger partial charge >= 0.3 is 0 Å². The van der Waals surface area contributed by atoms with Gasteiger partial charge in [0.2, 0.25) is 0 Å². The molecule has 0 aliphatic carbocycles. The first-order valence-corrected chi connectivity index (χ1v) is 6.54.